The minimum absolute atomic E-state index is 0. The molecule has 0 N–H and O–H groups in total. The van der Waals surface area contributed by atoms with E-state index in [9.17, 15) is 0 Å². The second-order valence-electron chi connectivity index (χ2n) is 21.4. The average Bonchev–Trinajstić information content (AvgIpc) is 3.22. The van der Waals surface area contributed by atoms with Gasteiger partial charge >= 0.3 is 0 Å². The second kappa shape index (κ2) is 71.8. The highest BCUT2D eigenvalue weighted by molar-refractivity contribution is 6.90. The van der Waals surface area contributed by atoms with E-state index in [0.29, 0.717) is 39.6 Å². The van der Waals surface area contributed by atoms with Crippen molar-refractivity contribution in [2.75, 3.05) is 108 Å². The number of methoxy groups -OCH3 is 4. The Hall–Kier alpha value is 0.555. The van der Waals surface area contributed by atoms with Crippen molar-refractivity contribution in [3.8, 4) is 0 Å². The summed E-state index contributed by atoms with van der Waals surface area (Å²) >= 11 is 0. The van der Waals surface area contributed by atoms with Gasteiger partial charge in [-0.1, -0.05) is 200 Å². The van der Waals surface area contributed by atoms with E-state index >= 15 is 0 Å². The van der Waals surface area contributed by atoms with E-state index in [-0.39, 0.29) is 89.1 Å². The summed E-state index contributed by atoms with van der Waals surface area (Å²) in [5.41, 5.74) is 0. The molecule has 1 aromatic rings. The maximum atomic E-state index is 6.06. The third-order valence-electron chi connectivity index (χ3n) is 11.8. The molecule has 10 nitrogen and oxygen atoms in total. The summed E-state index contributed by atoms with van der Waals surface area (Å²) in [5, 5.41) is 4.18. The van der Waals surface area contributed by atoms with Crippen LogP contribution in [0.15, 0.2) is 24.3 Å². The molecule has 1 aromatic carbocycles. The Labute approximate surface area is 509 Å². The van der Waals surface area contributed by atoms with Gasteiger partial charge in [0.1, 0.15) is 0 Å². The summed E-state index contributed by atoms with van der Waals surface area (Å²) < 4.78 is 53.8. The van der Waals surface area contributed by atoms with E-state index < -0.39 is 68.5 Å². The minimum atomic E-state index is -1.38. The first-order valence-electron chi connectivity index (χ1n) is 25.6. The lowest BCUT2D eigenvalue weighted by molar-refractivity contribution is 0.0707. The minimum Gasteiger partial charge on any atom is -0.458 e. The first kappa shape index (κ1) is 117. The third-order valence-corrected chi connectivity index (χ3v) is 39.8. The summed E-state index contributed by atoms with van der Waals surface area (Å²) in [6, 6.07) is 14.6. The fourth-order valence-corrected chi connectivity index (χ4v) is 33.1. The van der Waals surface area contributed by atoms with Gasteiger partial charge in [-0.15, -0.1) is 0 Å². The van der Waals surface area contributed by atoms with Crippen LogP contribution in [0, 0.1) is 0 Å². The van der Waals surface area contributed by atoms with E-state index in [4.69, 9.17) is 46.1 Å². The van der Waals surface area contributed by atoms with Crippen molar-refractivity contribution >= 4 is 78.8 Å². The molecule has 492 valence electrons. The first-order valence-corrected chi connectivity index (χ1v) is 49.7. The van der Waals surface area contributed by atoms with Crippen LogP contribution in [0.4, 0.5) is 0 Å². The van der Waals surface area contributed by atoms with Crippen molar-refractivity contribution in [1.82, 2.24) is 0 Å². The molecule has 18 heteroatoms. The second-order valence-corrected chi connectivity index (χ2v) is 52.9. The average molecular weight is 1270 g/mol. The summed E-state index contributed by atoms with van der Waals surface area (Å²) in [7, 11) is -1.09. The lowest BCUT2D eigenvalue weighted by Gasteiger charge is -2.32. The van der Waals surface area contributed by atoms with Gasteiger partial charge < -0.3 is 46.1 Å². The molecule has 0 heterocycles. The molecule has 0 radical (unpaired) electrons. The molecule has 0 aliphatic heterocycles. The van der Waals surface area contributed by atoms with Crippen molar-refractivity contribution in [3.05, 3.63) is 24.3 Å². The largest absolute Gasteiger partial charge is 0.458 e. The van der Waals surface area contributed by atoms with E-state index in [1.165, 1.54) is 30.6 Å². The standard InChI is InChI=1S/C16H30O2Si2.C12H30O2Si2.2C10H26O3Si2.12CH4/c1-17-12-13-18-11-6-14-20(4,5)16-9-7-15(8-10-16)19(2)3;1-12(15(3)4)16(5,6)11-7-8-14-10-9-13-2;2*1-11-8-9-12-7-6-10-15(4,5)13-14(2)3;;;;;;;;;;;;/h7-10,19H,6,11-14H2,1-5H3;12,15H,7-11H2,1-6H3;2*14H,6-10H2,1-5H3;12*1H4. The molecule has 0 fully saturated rings. The number of ether oxygens (including phenoxy) is 8. The molecule has 1 unspecified atom stereocenters. The lowest BCUT2D eigenvalue weighted by Crippen LogP contribution is -2.42. The molecular weight excluding hydrogens is 1110 g/mol. The molecule has 0 aliphatic carbocycles. The SMILES string of the molecule is C.C.C.C.C.C.C.C.C.C.C.C.COCCOCCC[Si](C)(C)C(C)[SiH](C)C.COCCOCCC[Si](C)(C)O[SiH](C)C.COCCOCCC[Si](C)(C)O[SiH](C)C.COCCOCCC[Si](C)(C)c1ccc([SiH](C)C)cc1. The summed E-state index contributed by atoms with van der Waals surface area (Å²) in [6.45, 7) is 49.5. The molecule has 1 rings (SSSR count). The van der Waals surface area contributed by atoms with E-state index in [2.05, 4.69) is 136 Å². The van der Waals surface area contributed by atoms with Crippen LogP contribution in [0.1, 0.15) is 122 Å². The van der Waals surface area contributed by atoms with Crippen molar-refractivity contribution in [3.63, 3.8) is 0 Å². The Morgan fingerprint density at radius 2 is 0.641 bits per heavy atom. The molecule has 0 aromatic heterocycles. The fourth-order valence-electron chi connectivity index (χ4n) is 7.41. The number of benzene rings is 1. The van der Waals surface area contributed by atoms with E-state index in [0.717, 1.165) is 64.1 Å². The Morgan fingerprint density at radius 1 is 0.372 bits per heavy atom. The van der Waals surface area contributed by atoms with Gasteiger partial charge in [0.15, 0.2) is 34.7 Å². The van der Waals surface area contributed by atoms with Crippen molar-refractivity contribution < 1.29 is 46.1 Å². The number of hydrogen-bond donors (Lipinski definition) is 0. The van der Waals surface area contributed by atoms with Gasteiger partial charge in [-0.05, 0) is 90.1 Å². The maximum Gasteiger partial charge on any atom is 0.173 e. The van der Waals surface area contributed by atoms with Crippen molar-refractivity contribution in [2.24, 2.45) is 0 Å². The number of rotatable bonds is 36. The van der Waals surface area contributed by atoms with Crippen LogP contribution >= 0.6 is 0 Å². The summed E-state index contributed by atoms with van der Waals surface area (Å²) in [5.74, 6) is 0. The lowest BCUT2D eigenvalue weighted by atomic mass is 10.4. The molecule has 0 bridgehead atoms. The molecule has 1 atom stereocenters. The van der Waals surface area contributed by atoms with Gasteiger partial charge in [-0.2, -0.15) is 0 Å². The summed E-state index contributed by atoms with van der Waals surface area (Å²) in [4.78, 5) is 0. The van der Waals surface area contributed by atoms with Crippen molar-refractivity contribution in [2.45, 2.75) is 256 Å². The van der Waals surface area contributed by atoms with Crippen LogP contribution in [-0.2, 0) is 46.1 Å². The molecule has 0 spiro atoms. The quantitative estimate of drug-likeness (QED) is 0.0478. The van der Waals surface area contributed by atoms with Crippen LogP contribution in [0.5, 0.6) is 0 Å². The normalized spacial score (nSPS) is 10.8. The van der Waals surface area contributed by atoms with Crippen LogP contribution < -0.4 is 10.4 Å². The molecule has 78 heavy (non-hydrogen) atoms. The highest BCUT2D eigenvalue weighted by Gasteiger charge is 2.30. The van der Waals surface area contributed by atoms with Crippen LogP contribution in [0.25, 0.3) is 0 Å². The maximum absolute atomic E-state index is 6.06. The zero-order valence-electron chi connectivity index (χ0n) is 47.4. The van der Waals surface area contributed by atoms with Gasteiger partial charge in [-0.25, -0.2) is 0 Å². The van der Waals surface area contributed by atoms with Gasteiger partial charge in [0, 0.05) is 71.7 Å². The van der Waals surface area contributed by atoms with Gasteiger partial charge in [0.05, 0.1) is 69.7 Å². The zero-order valence-corrected chi connectivity index (χ0v) is 56.0. The molecule has 0 saturated heterocycles. The Morgan fingerprint density at radius 3 is 0.885 bits per heavy atom. The molecular formula is C60H160O10Si8. The Bertz CT molecular complexity index is 1170. The van der Waals surface area contributed by atoms with Gasteiger partial charge in [0.25, 0.3) is 0 Å². The fraction of sp³-hybridized carbons (Fsp3) is 0.900. The first-order chi connectivity index (χ1) is 30.8. The van der Waals surface area contributed by atoms with Crippen LogP contribution in [0.2, 0.25) is 134 Å². The Balaban J connectivity index is -0.0000000500. The monoisotopic (exact) mass is 1270 g/mol. The summed E-state index contributed by atoms with van der Waals surface area (Å²) in [6.07, 6.45) is 4.62. The van der Waals surface area contributed by atoms with E-state index in [1.807, 2.05) is 0 Å². The molecule has 0 aliphatic rings. The van der Waals surface area contributed by atoms with Gasteiger partial charge in [-0.3, -0.25) is 0 Å². The highest BCUT2D eigenvalue weighted by atomic mass is 28.4. The predicted octanol–water partition coefficient (Wildman–Crippen LogP) is 17.6. The smallest absolute Gasteiger partial charge is 0.173 e. The van der Waals surface area contributed by atoms with Crippen molar-refractivity contribution in [1.29, 1.82) is 0 Å². The number of hydrogen-bond acceptors (Lipinski definition) is 10. The predicted molar refractivity (Wildman–Crippen MR) is 392 cm³/mol. The zero-order chi connectivity index (χ0) is 51.1. The topological polar surface area (TPSA) is 92.3 Å². The van der Waals surface area contributed by atoms with Crippen LogP contribution in [-0.4, -0.2) is 176 Å². The van der Waals surface area contributed by atoms with Gasteiger partial charge in [0.2, 0.25) is 0 Å². The van der Waals surface area contributed by atoms with Crippen LogP contribution in [0.3, 0.4) is 0 Å². The van der Waals surface area contributed by atoms with E-state index in [1.54, 1.807) is 38.8 Å². The highest BCUT2D eigenvalue weighted by Crippen LogP contribution is 2.29. The molecule has 0 saturated carbocycles. The molecule has 0 amide bonds. The third kappa shape index (κ3) is 74.6. The Kier molecular flexibility index (Phi) is 108.